The topological polar surface area (TPSA) is 12.0 Å². The van der Waals surface area contributed by atoms with Gasteiger partial charge in [-0.05, 0) is 12.8 Å². The summed E-state index contributed by atoms with van der Waals surface area (Å²) in [7, 11) is 0. The van der Waals surface area contributed by atoms with Gasteiger partial charge in [0.05, 0.1) is 0 Å². The summed E-state index contributed by atoms with van der Waals surface area (Å²) in [6.45, 7) is 8.08. The molecular formula is C11H17N. The number of nitrogens with one attached hydrogen (secondary N) is 1. The highest BCUT2D eigenvalue weighted by Crippen LogP contribution is 2.11. The molecule has 0 bridgehead atoms. The second kappa shape index (κ2) is 4.27. The van der Waals surface area contributed by atoms with Crippen LogP contribution in [0.3, 0.4) is 0 Å². The molecule has 0 fully saturated rings. The Hall–Kier alpha value is -0.820. The van der Waals surface area contributed by atoms with E-state index in [1.807, 2.05) is 6.08 Å². The normalized spacial score (nSPS) is 30.2. The van der Waals surface area contributed by atoms with Crippen molar-refractivity contribution in [3.63, 3.8) is 0 Å². The lowest BCUT2D eigenvalue weighted by Gasteiger charge is -2.24. The molecule has 0 spiro atoms. The Labute approximate surface area is 74.9 Å². The van der Waals surface area contributed by atoms with Crippen molar-refractivity contribution in [1.29, 1.82) is 0 Å². The van der Waals surface area contributed by atoms with Gasteiger partial charge in [0, 0.05) is 12.1 Å². The second-order valence-corrected chi connectivity index (χ2v) is 3.35. The zero-order chi connectivity index (χ0) is 8.97. The molecule has 0 aromatic heterocycles. The molecular weight excluding hydrogens is 146 g/mol. The molecule has 1 aliphatic rings. The highest BCUT2D eigenvalue weighted by Gasteiger charge is 2.14. The largest absolute Gasteiger partial charge is 0.304 e. The summed E-state index contributed by atoms with van der Waals surface area (Å²) < 4.78 is 0. The maximum absolute atomic E-state index is 3.75. The van der Waals surface area contributed by atoms with Gasteiger partial charge in [0.25, 0.3) is 0 Å². The van der Waals surface area contributed by atoms with Gasteiger partial charge in [0.15, 0.2) is 0 Å². The molecule has 1 aliphatic carbocycles. The van der Waals surface area contributed by atoms with Gasteiger partial charge in [0.2, 0.25) is 0 Å². The van der Waals surface area contributed by atoms with Crippen molar-refractivity contribution in [3.05, 3.63) is 37.0 Å². The molecule has 0 aromatic carbocycles. The third-order valence-electron chi connectivity index (χ3n) is 2.22. The fourth-order valence-electron chi connectivity index (χ4n) is 1.30. The molecule has 1 rings (SSSR count). The lowest BCUT2D eigenvalue weighted by Crippen LogP contribution is -2.38. The predicted octanol–water partition coefficient (Wildman–Crippen LogP) is 2.28. The monoisotopic (exact) mass is 163 g/mol. The summed E-state index contributed by atoms with van der Waals surface area (Å²) in [5, 5.41) is 3.46. The van der Waals surface area contributed by atoms with E-state index in [4.69, 9.17) is 0 Å². The van der Waals surface area contributed by atoms with Crippen LogP contribution < -0.4 is 5.32 Å². The Morgan fingerprint density at radius 2 is 2.08 bits per heavy atom. The van der Waals surface area contributed by atoms with E-state index < -0.39 is 0 Å². The molecule has 66 valence electrons. The van der Waals surface area contributed by atoms with Crippen LogP contribution in [-0.2, 0) is 0 Å². The van der Waals surface area contributed by atoms with Crippen molar-refractivity contribution in [2.24, 2.45) is 5.92 Å². The summed E-state index contributed by atoms with van der Waals surface area (Å²) in [5.41, 5.74) is 0. The molecule has 0 radical (unpaired) electrons. The Morgan fingerprint density at radius 1 is 1.42 bits per heavy atom. The van der Waals surface area contributed by atoms with Crippen LogP contribution in [0.15, 0.2) is 37.0 Å². The quantitative estimate of drug-likeness (QED) is 0.629. The van der Waals surface area contributed by atoms with Crippen molar-refractivity contribution in [2.75, 3.05) is 0 Å². The fraction of sp³-hybridized carbons (Fsp3) is 0.455. The van der Waals surface area contributed by atoms with E-state index in [0.717, 1.165) is 0 Å². The molecule has 0 amide bonds. The van der Waals surface area contributed by atoms with Gasteiger partial charge in [-0.2, -0.15) is 0 Å². The molecule has 1 heteroatoms. The van der Waals surface area contributed by atoms with Gasteiger partial charge in [-0.15, -0.1) is 6.58 Å². The Balaban J connectivity index is 2.47. The number of allylic oxidation sites excluding steroid dienone is 2. The first-order chi connectivity index (χ1) is 5.74. The van der Waals surface area contributed by atoms with Gasteiger partial charge in [-0.1, -0.05) is 37.3 Å². The Bertz CT molecular complexity index is 203. The van der Waals surface area contributed by atoms with Crippen molar-refractivity contribution in [3.8, 4) is 0 Å². The Morgan fingerprint density at radius 3 is 2.67 bits per heavy atom. The molecule has 0 saturated carbocycles. The number of hydrogen-bond acceptors (Lipinski definition) is 1. The summed E-state index contributed by atoms with van der Waals surface area (Å²) in [5.74, 6) is 0.581. The van der Waals surface area contributed by atoms with Crippen LogP contribution in [0.2, 0.25) is 0 Å². The first-order valence-electron chi connectivity index (χ1n) is 4.47. The van der Waals surface area contributed by atoms with E-state index in [1.165, 1.54) is 0 Å². The second-order valence-electron chi connectivity index (χ2n) is 3.35. The summed E-state index contributed by atoms with van der Waals surface area (Å²) in [6.07, 6.45) is 10.5. The van der Waals surface area contributed by atoms with E-state index >= 15 is 0 Å². The van der Waals surface area contributed by atoms with Crippen molar-refractivity contribution in [1.82, 2.24) is 5.32 Å². The molecule has 1 N–H and O–H groups in total. The smallest absolute Gasteiger partial charge is 0.0318 e. The molecule has 0 saturated heterocycles. The maximum Gasteiger partial charge on any atom is 0.0318 e. The number of hydrogen-bond donors (Lipinski definition) is 1. The molecule has 3 atom stereocenters. The van der Waals surface area contributed by atoms with Crippen molar-refractivity contribution in [2.45, 2.75) is 25.9 Å². The van der Waals surface area contributed by atoms with Crippen molar-refractivity contribution >= 4 is 0 Å². The lowest BCUT2D eigenvalue weighted by atomic mass is 9.96. The van der Waals surface area contributed by atoms with E-state index in [-0.39, 0.29) is 0 Å². The minimum Gasteiger partial charge on any atom is -0.304 e. The predicted molar refractivity (Wildman–Crippen MR) is 54.0 cm³/mol. The first kappa shape index (κ1) is 9.27. The first-order valence-corrected chi connectivity index (χ1v) is 4.47. The average Bonchev–Trinajstić information content (AvgIpc) is 2.09. The summed E-state index contributed by atoms with van der Waals surface area (Å²) >= 11 is 0. The van der Waals surface area contributed by atoms with E-state index in [0.29, 0.717) is 18.0 Å². The van der Waals surface area contributed by atoms with Gasteiger partial charge < -0.3 is 5.32 Å². The Kier molecular flexibility index (Phi) is 3.30. The summed E-state index contributed by atoms with van der Waals surface area (Å²) in [6, 6.07) is 0.844. The third-order valence-corrected chi connectivity index (χ3v) is 2.22. The molecule has 0 aromatic rings. The van der Waals surface area contributed by atoms with Crippen LogP contribution in [0.5, 0.6) is 0 Å². The third kappa shape index (κ3) is 2.35. The highest BCUT2D eigenvalue weighted by atomic mass is 14.9. The molecule has 0 aliphatic heterocycles. The van der Waals surface area contributed by atoms with Crippen LogP contribution in [0.4, 0.5) is 0 Å². The maximum atomic E-state index is 3.75. The van der Waals surface area contributed by atoms with E-state index in [9.17, 15) is 0 Å². The molecule has 0 heterocycles. The number of rotatable bonds is 3. The highest BCUT2D eigenvalue weighted by molar-refractivity contribution is 5.16. The minimum atomic E-state index is 0.383. The van der Waals surface area contributed by atoms with Crippen LogP contribution in [0, 0.1) is 5.92 Å². The fourth-order valence-corrected chi connectivity index (χ4v) is 1.30. The van der Waals surface area contributed by atoms with E-state index in [1.54, 1.807) is 0 Å². The average molecular weight is 163 g/mol. The zero-order valence-electron chi connectivity index (χ0n) is 7.83. The lowest BCUT2D eigenvalue weighted by molar-refractivity contribution is 0.473. The van der Waals surface area contributed by atoms with Gasteiger partial charge in [-0.25, -0.2) is 0 Å². The standard InChI is InChI=1S/C11H17N/c1-4-10(3)12-11-8-6-5-7-9(11)2/h4-12H,1H2,2-3H3/t9?,10-,11?/m1/s1. The van der Waals surface area contributed by atoms with Crippen LogP contribution in [-0.4, -0.2) is 12.1 Å². The molecule has 1 nitrogen and oxygen atoms in total. The molecule has 2 unspecified atom stereocenters. The molecule has 12 heavy (non-hydrogen) atoms. The van der Waals surface area contributed by atoms with Crippen LogP contribution >= 0.6 is 0 Å². The van der Waals surface area contributed by atoms with Gasteiger partial charge >= 0.3 is 0 Å². The van der Waals surface area contributed by atoms with Crippen LogP contribution in [0.1, 0.15) is 13.8 Å². The SMILES string of the molecule is C=C[C@@H](C)NC1C=CC=CC1C. The van der Waals surface area contributed by atoms with Crippen LogP contribution in [0.25, 0.3) is 0 Å². The van der Waals surface area contributed by atoms with E-state index in [2.05, 4.69) is 50.0 Å². The zero-order valence-corrected chi connectivity index (χ0v) is 7.83. The van der Waals surface area contributed by atoms with Crippen molar-refractivity contribution < 1.29 is 0 Å². The minimum absolute atomic E-state index is 0.383. The van der Waals surface area contributed by atoms with Gasteiger partial charge in [0.1, 0.15) is 0 Å². The summed E-state index contributed by atoms with van der Waals surface area (Å²) in [4.78, 5) is 0. The van der Waals surface area contributed by atoms with Gasteiger partial charge in [-0.3, -0.25) is 0 Å².